The van der Waals surface area contributed by atoms with E-state index in [9.17, 15) is 0 Å². The van der Waals surface area contributed by atoms with Crippen LogP contribution in [0.4, 0.5) is 0 Å². The Labute approximate surface area is 202 Å². The number of hydrogen-bond donors (Lipinski definition) is 0. The fraction of sp³-hybridized carbons (Fsp3) is 0.455. The average molecular weight is 439 g/mol. The minimum atomic E-state index is -0.0172. The van der Waals surface area contributed by atoms with Gasteiger partial charge in [0, 0.05) is 10.8 Å². The van der Waals surface area contributed by atoms with E-state index in [1.54, 1.807) is 5.57 Å². The molecule has 5 unspecified atom stereocenters. The lowest BCUT2D eigenvalue weighted by Gasteiger charge is -2.67. The number of hydrogen-bond acceptors (Lipinski definition) is 0. The van der Waals surface area contributed by atoms with Crippen LogP contribution >= 0.6 is 0 Å². The van der Waals surface area contributed by atoms with Crippen molar-refractivity contribution in [3.05, 3.63) is 108 Å². The molecule has 2 aliphatic rings. The molecule has 0 nitrogen and oxygen atoms in total. The lowest BCUT2D eigenvalue weighted by atomic mass is 9.37. The lowest BCUT2D eigenvalue weighted by Crippen LogP contribution is -2.61. The Kier molecular flexibility index (Phi) is 6.10. The standard InChI is InChI=1S/C33H42/c1-25-16-14-15-21-31(25,5)33(7)24-29(22-27-17-10-8-11-18-27)26(2)30(3,4)32(33,6)23-28-19-12-9-13-20-28/h8-21,24-26H,22-23H2,1-7H3. The second kappa shape index (κ2) is 8.46. The molecule has 0 saturated carbocycles. The number of allylic oxidation sites excluding steroid dienone is 6. The summed E-state index contributed by atoms with van der Waals surface area (Å²) in [5.74, 6) is 0.975. The third-order valence-corrected chi connectivity index (χ3v) is 10.4. The van der Waals surface area contributed by atoms with Crippen molar-refractivity contribution in [3.8, 4) is 0 Å². The summed E-state index contributed by atoms with van der Waals surface area (Å²) in [6.07, 6.45) is 14.3. The van der Waals surface area contributed by atoms with Gasteiger partial charge in [0.25, 0.3) is 0 Å². The van der Waals surface area contributed by atoms with E-state index < -0.39 is 0 Å². The van der Waals surface area contributed by atoms with Crippen molar-refractivity contribution in [1.82, 2.24) is 0 Å². The van der Waals surface area contributed by atoms with E-state index in [0.29, 0.717) is 11.8 Å². The third kappa shape index (κ3) is 3.67. The van der Waals surface area contributed by atoms with Gasteiger partial charge in [0.2, 0.25) is 0 Å². The molecule has 2 aromatic carbocycles. The molecule has 0 radical (unpaired) electrons. The van der Waals surface area contributed by atoms with E-state index in [0.717, 1.165) is 12.8 Å². The normalized spacial score (nSPS) is 35.3. The molecule has 0 heterocycles. The van der Waals surface area contributed by atoms with Crippen LogP contribution in [0.3, 0.4) is 0 Å². The Morgan fingerprint density at radius 1 is 0.727 bits per heavy atom. The molecule has 174 valence electrons. The smallest absolute Gasteiger partial charge is 0.00125 e. The Balaban J connectivity index is 1.92. The second-order valence-corrected chi connectivity index (χ2v) is 11.8. The molecule has 2 aliphatic carbocycles. The van der Waals surface area contributed by atoms with Crippen LogP contribution in [0.25, 0.3) is 0 Å². The zero-order valence-electron chi connectivity index (χ0n) is 21.7. The zero-order chi connectivity index (χ0) is 23.9. The van der Waals surface area contributed by atoms with E-state index in [4.69, 9.17) is 0 Å². The van der Waals surface area contributed by atoms with Gasteiger partial charge >= 0.3 is 0 Å². The van der Waals surface area contributed by atoms with Gasteiger partial charge in [-0.25, -0.2) is 0 Å². The average Bonchev–Trinajstić information content (AvgIpc) is 2.80. The molecule has 5 atom stereocenters. The van der Waals surface area contributed by atoms with Gasteiger partial charge in [-0.05, 0) is 46.6 Å². The zero-order valence-corrected chi connectivity index (χ0v) is 21.7. The summed E-state index contributed by atoms with van der Waals surface area (Å²) in [6.45, 7) is 17.6. The minimum absolute atomic E-state index is 0.0172. The van der Waals surface area contributed by atoms with Crippen molar-refractivity contribution >= 4 is 0 Å². The predicted molar refractivity (Wildman–Crippen MR) is 143 cm³/mol. The molecular formula is C33H42. The van der Waals surface area contributed by atoms with Gasteiger partial charge in [-0.15, -0.1) is 0 Å². The summed E-state index contributed by atoms with van der Waals surface area (Å²) in [4.78, 5) is 0. The summed E-state index contributed by atoms with van der Waals surface area (Å²) in [5, 5.41) is 0. The molecule has 2 aromatic rings. The molecule has 0 N–H and O–H groups in total. The maximum atomic E-state index is 2.72. The molecule has 0 spiro atoms. The first-order valence-corrected chi connectivity index (χ1v) is 12.7. The summed E-state index contributed by atoms with van der Waals surface area (Å²) < 4.78 is 0. The van der Waals surface area contributed by atoms with Gasteiger partial charge in [0.05, 0.1) is 0 Å². The first-order chi connectivity index (χ1) is 15.6. The van der Waals surface area contributed by atoms with Crippen LogP contribution in [0, 0.1) is 33.5 Å². The molecule has 0 fully saturated rings. The van der Waals surface area contributed by atoms with Gasteiger partial charge in [0.15, 0.2) is 0 Å². The van der Waals surface area contributed by atoms with Crippen LogP contribution in [0.2, 0.25) is 0 Å². The molecule has 0 aromatic heterocycles. The van der Waals surface area contributed by atoms with Gasteiger partial charge in [-0.2, -0.15) is 0 Å². The highest BCUT2D eigenvalue weighted by atomic mass is 14.7. The van der Waals surface area contributed by atoms with Crippen molar-refractivity contribution in [2.24, 2.45) is 33.5 Å². The monoisotopic (exact) mass is 438 g/mol. The van der Waals surface area contributed by atoms with Crippen LogP contribution in [0.5, 0.6) is 0 Å². The summed E-state index contributed by atoms with van der Waals surface area (Å²) >= 11 is 0. The van der Waals surface area contributed by atoms with Gasteiger partial charge in [0.1, 0.15) is 0 Å². The maximum absolute atomic E-state index is 2.72. The van der Waals surface area contributed by atoms with Gasteiger partial charge in [-0.3, -0.25) is 0 Å². The summed E-state index contributed by atoms with van der Waals surface area (Å²) in [5.41, 5.74) is 4.65. The topological polar surface area (TPSA) is 0 Å². The molecule has 0 aliphatic heterocycles. The molecule has 33 heavy (non-hydrogen) atoms. The molecule has 0 heteroatoms. The highest BCUT2D eigenvalue weighted by Crippen LogP contribution is 2.69. The van der Waals surface area contributed by atoms with Crippen LogP contribution in [0.1, 0.15) is 59.6 Å². The highest BCUT2D eigenvalue weighted by molar-refractivity contribution is 5.38. The Morgan fingerprint density at radius 3 is 1.88 bits per heavy atom. The Morgan fingerprint density at radius 2 is 1.30 bits per heavy atom. The first kappa shape index (κ1) is 23.8. The Bertz CT molecular complexity index is 1050. The highest BCUT2D eigenvalue weighted by Gasteiger charge is 2.64. The first-order valence-electron chi connectivity index (χ1n) is 12.7. The van der Waals surface area contributed by atoms with Crippen LogP contribution in [-0.2, 0) is 12.8 Å². The van der Waals surface area contributed by atoms with Crippen molar-refractivity contribution in [3.63, 3.8) is 0 Å². The maximum Gasteiger partial charge on any atom is 0.00125 e. The van der Waals surface area contributed by atoms with Crippen molar-refractivity contribution in [1.29, 1.82) is 0 Å². The fourth-order valence-corrected chi connectivity index (χ4v) is 6.95. The van der Waals surface area contributed by atoms with Gasteiger partial charge in [-0.1, -0.05) is 145 Å². The molecule has 0 saturated heterocycles. The SMILES string of the molecule is CC1C(Cc2ccccc2)=CC(C)(C2(C)C=CC=CC2C)C(C)(Cc2ccccc2)C1(C)C. The van der Waals surface area contributed by atoms with E-state index >= 15 is 0 Å². The van der Waals surface area contributed by atoms with E-state index in [-0.39, 0.29) is 21.7 Å². The molecular weight excluding hydrogens is 396 g/mol. The van der Waals surface area contributed by atoms with E-state index in [1.165, 1.54) is 11.1 Å². The van der Waals surface area contributed by atoms with Crippen LogP contribution in [0.15, 0.2) is 96.6 Å². The van der Waals surface area contributed by atoms with Gasteiger partial charge < -0.3 is 0 Å². The van der Waals surface area contributed by atoms with Crippen LogP contribution < -0.4 is 0 Å². The molecule has 0 bridgehead atoms. The van der Waals surface area contributed by atoms with Crippen molar-refractivity contribution in [2.45, 2.75) is 61.3 Å². The molecule has 4 rings (SSSR count). The number of benzene rings is 2. The summed E-state index contributed by atoms with van der Waals surface area (Å²) in [6, 6.07) is 22.2. The predicted octanol–water partition coefficient (Wildman–Crippen LogP) is 8.86. The number of rotatable bonds is 5. The minimum Gasteiger partial charge on any atom is -0.0808 e. The van der Waals surface area contributed by atoms with Crippen LogP contribution in [-0.4, -0.2) is 0 Å². The molecule has 0 amide bonds. The lowest BCUT2D eigenvalue weighted by molar-refractivity contribution is -0.116. The largest absolute Gasteiger partial charge is 0.0808 e. The Hall–Kier alpha value is -2.34. The summed E-state index contributed by atoms with van der Waals surface area (Å²) in [7, 11) is 0. The fourth-order valence-electron chi connectivity index (χ4n) is 6.95. The quantitative estimate of drug-likeness (QED) is 0.409. The van der Waals surface area contributed by atoms with Crippen molar-refractivity contribution < 1.29 is 0 Å². The van der Waals surface area contributed by atoms with E-state index in [2.05, 4.69) is 140 Å². The second-order valence-electron chi connectivity index (χ2n) is 11.8. The third-order valence-electron chi connectivity index (χ3n) is 10.4. The van der Waals surface area contributed by atoms with Crippen molar-refractivity contribution in [2.75, 3.05) is 0 Å². The van der Waals surface area contributed by atoms with E-state index in [1.807, 2.05) is 0 Å².